The minimum atomic E-state index is 0.568. The number of furan rings is 2. The van der Waals surface area contributed by atoms with Gasteiger partial charge in [0.05, 0.1) is 32.7 Å². The van der Waals surface area contributed by atoms with Crippen molar-refractivity contribution in [2.24, 2.45) is 4.99 Å². The molecule has 0 saturated carbocycles. The molecule has 0 aliphatic carbocycles. The molecular weight excluding hydrogens is 330 g/mol. The van der Waals surface area contributed by atoms with Gasteiger partial charge in [0, 0.05) is 13.0 Å². The first-order valence-electron chi connectivity index (χ1n) is 8.53. The van der Waals surface area contributed by atoms with Crippen LogP contribution < -0.4 is 15.4 Å². The van der Waals surface area contributed by atoms with E-state index in [-0.39, 0.29) is 0 Å². The molecule has 0 atom stereocenters. The normalized spacial score (nSPS) is 11.3. The van der Waals surface area contributed by atoms with Gasteiger partial charge in [-0.15, -0.1) is 0 Å². The van der Waals surface area contributed by atoms with Crippen molar-refractivity contribution in [1.82, 2.24) is 10.6 Å². The molecule has 2 aromatic heterocycles. The van der Waals surface area contributed by atoms with E-state index in [1.165, 1.54) is 0 Å². The molecule has 0 aliphatic heterocycles. The maximum absolute atomic E-state index is 5.36. The van der Waals surface area contributed by atoms with Gasteiger partial charge < -0.3 is 24.2 Å². The summed E-state index contributed by atoms with van der Waals surface area (Å²) in [6.45, 7) is 1.86. The van der Waals surface area contributed by atoms with E-state index in [0.29, 0.717) is 13.1 Å². The summed E-state index contributed by atoms with van der Waals surface area (Å²) in [5.74, 6) is 3.36. The third-order valence-corrected chi connectivity index (χ3v) is 3.83. The van der Waals surface area contributed by atoms with Gasteiger partial charge in [0.25, 0.3) is 0 Å². The van der Waals surface area contributed by atoms with E-state index in [2.05, 4.69) is 15.6 Å². The van der Waals surface area contributed by atoms with Gasteiger partial charge in [-0.1, -0.05) is 12.1 Å². The molecule has 0 aliphatic rings. The summed E-state index contributed by atoms with van der Waals surface area (Å²) in [5, 5.41) is 6.61. The number of aliphatic imine (C=N–C) groups is 1. The van der Waals surface area contributed by atoms with Gasteiger partial charge in [0.15, 0.2) is 5.96 Å². The van der Waals surface area contributed by atoms with Crippen LogP contribution >= 0.6 is 0 Å². The standard InChI is InChI=1S/C20H23N3O3/c1-24-17-8-6-16(7-9-17)14-22-20(23-15-19-5-3-13-26-19)21-11-10-18-4-2-12-25-18/h2-9,12-13H,10-11,14-15H2,1H3,(H2,21,22,23). The molecule has 2 N–H and O–H groups in total. The number of hydrogen-bond donors (Lipinski definition) is 2. The van der Waals surface area contributed by atoms with Gasteiger partial charge in [0.1, 0.15) is 17.3 Å². The van der Waals surface area contributed by atoms with Crippen molar-refractivity contribution in [2.45, 2.75) is 19.5 Å². The number of benzene rings is 1. The Hall–Kier alpha value is -3.15. The lowest BCUT2D eigenvalue weighted by molar-refractivity contribution is 0.414. The predicted octanol–water partition coefficient (Wildman–Crippen LogP) is 3.36. The van der Waals surface area contributed by atoms with E-state index in [1.807, 2.05) is 48.5 Å². The number of ether oxygens (including phenoxy) is 1. The van der Waals surface area contributed by atoms with E-state index in [9.17, 15) is 0 Å². The Labute approximate surface area is 152 Å². The monoisotopic (exact) mass is 353 g/mol. The highest BCUT2D eigenvalue weighted by atomic mass is 16.5. The van der Waals surface area contributed by atoms with E-state index < -0.39 is 0 Å². The van der Waals surface area contributed by atoms with Crippen molar-refractivity contribution in [3.8, 4) is 5.75 Å². The zero-order valence-electron chi connectivity index (χ0n) is 14.8. The molecule has 3 aromatic rings. The first kappa shape index (κ1) is 17.7. The van der Waals surface area contributed by atoms with Gasteiger partial charge in [0.2, 0.25) is 0 Å². The van der Waals surface area contributed by atoms with E-state index >= 15 is 0 Å². The lowest BCUT2D eigenvalue weighted by atomic mass is 10.2. The van der Waals surface area contributed by atoms with Crippen LogP contribution in [0.2, 0.25) is 0 Å². The number of guanidine groups is 1. The number of rotatable bonds is 8. The van der Waals surface area contributed by atoms with Crippen LogP contribution in [0, 0.1) is 0 Å². The Balaban J connectivity index is 1.57. The summed E-state index contributed by atoms with van der Waals surface area (Å²) in [7, 11) is 1.66. The van der Waals surface area contributed by atoms with Crippen LogP contribution in [0.15, 0.2) is 74.9 Å². The molecule has 6 nitrogen and oxygen atoms in total. The second-order valence-electron chi connectivity index (χ2n) is 5.70. The first-order valence-corrected chi connectivity index (χ1v) is 8.53. The smallest absolute Gasteiger partial charge is 0.191 e. The lowest BCUT2D eigenvalue weighted by Crippen LogP contribution is -2.38. The Morgan fingerprint density at radius 2 is 1.69 bits per heavy atom. The predicted molar refractivity (Wildman–Crippen MR) is 100 cm³/mol. The minimum absolute atomic E-state index is 0.568. The molecule has 0 bridgehead atoms. The average Bonchev–Trinajstić information content (AvgIpc) is 3.38. The summed E-state index contributed by atoms with van der Waals surface area (Å²) in [6, 6.07) is 15.5. The van der Waals surface area contributed by atoms with Crippen LogP contribution in [0.25, 0.3) is 0 Å². The number of hydrogen-bond acceptors (Lipinski definition) is 4. The molecule has 1 aromatic carbocycles. The largest absolute Gasteiger partial charge is 0.497 e. The van der Waals surface area contributed by atoms with Gasteiger partial charge in [-0.3, -0.25) is 0 Å². The van der Waals surface area contributed by atoms with Crippen molar-refractivity contribution in [3.05, 3.63) is 78.1 Å². The van der Waals surface area contributed by atoms with Crippen LogP contribution in [-0.2, 0) is 19.5 Å². The van der Waals surface area contributed by atoms with Gasteiger partial charge in [-0.25, -0.2) is 4.99 Å². The van der Waals surface area contributed by atoms with Crippen LogP contribution in [-0.4, -0.2) is 19.6 Å². The van der Waals surface area contributed by atoms with Crippen LogP contribution in [0.3, 0.4) is 0 Å². The van der Waals surface area contributed by atoms with Crippen molar-refractivity contribution in [3.63, 3.8) is 0 Å². The molecule has 136 valence electrons. The zero-order chi connectivity index (χ0) is 18.0. The third kappa shape index (κ3) is 5.44. The topological polar surface area (TPSA) is 71.9 Å². The fourth-order valence-corrected chi connectivity index (χ4v) is 2.42. The number of nitrogens with one attached hydrogen (secondary N) is 2. The summed E-state index contributed by atoms with van der Waals surface area (Å²) < 4.78 is 15.9. The minimum Gasteiger partial charge on any atom is -0.497 e. The zero-order valence-corrected chi connectivity index (χ0v) is 14.8. The molecule has 2 heterocycles. The molecule has 6 heteroatoms. The van der Waals surface area contributed by atoms with Gasteiger partial charge >= 0.3 is 0 Å². The molecule has 26 heavy (non-hydrogen) atoms. The van der Waals surface area contributed by atoms with Crippen molar-refractivity contribution < 1.29 is 13.6 Å². The van der Waals surface area contributed by atoms with Crippen LogP contribution in [0.5, 0.6) is 5.75 Å². The molecule has 0 unspecified atom stereocenters. The first-order chi connectivity index (χ1) is 12.8. The summed E-state index contributed by atoms with van der Waals surface area (Å²) >= 11 is 0. The molecular formula is C20H23N3O3. The maximum Gasteiger partial charge on any atom is 0.191 e. The molecule has 3 rings (SSSR count). The van der Waals surface area contributed by atoms with E-state index in [4.69, 9.17) is 13.6 Å². The van der Waals surface area contributed by atoms with E-state index in [0.717, 1.165) is 41.8 Å². The highest BCUT2D eigenvalue weighted by molar-refractivity contribution is 5.79. The molecule has 0 fully saturated rings. The Morgan fingerprint density at radius 3 is 2.35 bits per heavy atom. The fourth-order valence-electron chi connectivity index (χ4n) is 2.42. The number of methoxy groups -OCH3 is 1. The molecule has 0 spiro atoms. The lowest BCUT2D eigenvalue weighted by Gasteiger charge is -2.11. The summed E-state index contributed by atoms with van der Waals surface area (Å²) in [5.41, 5.74) is 1.11. The van der Waals surface area contributed by atoms with Crippen molar-refractivity contribution in [1.29, 1.82) is 0 Å². The molecule has 0 radical (unpaired) electrons. The average molecular weight is 353 g/mol. The molecule has 0 saturated heterocycles. The Bertz CT molecular complexity index is 778. The second-order valence-corrected chi connectivity index (χ2v) is 5.70. The SMILES string of the molecule is COc1ccc(CN=C(NCCc2ccco2)NCc2ccco2)cc1. The quantitative estimate of drug-likeness (QED) is 0.480. The second kappa shape index (κ2) is 9.36. The van der Waals surface area contributed by atoms with Crippen LogP contribution in [0.1, 0.15) is 17.1 Å². The maximum atomic E-state index is 5.36. The van der Waals surface area contributed by atoms with Crippen LogP contribution in [0.4, 0.5) is 0 Å². The summed E-state index contributed by atoms with van der Waals surface area (Å²) in [6.07, 6.45) is 4.13. The fraction of sp³-hybridized carbons (Fsp3) is 0.250. The van der Waals surface area contributed by atoms with E-state index in [1.54, 1.807) is 19.6 Å². The van der Waals surface area contributed by atoms with Crippen molar-refractivity contribution >= 4 is 5.96 Å². The third-order valence-electron chi connectivity index (χ3n) is 3.83. The summed E-state index contributed by atoms with van der Waals surface area (Å²) in [4.78, 5) is 4.65. The highest BCUT2D eigenvalue weighted by Crippen LogP contribution is 2.11. The molecule has 0 amide bonds. The highest BCUT2D eigenvalue weighted by Gasteiger charge is 2.03. The Kier molecular flexibility index (Phi) is 6.36. The Morgan fingerprint density at radius 1 is 0.962 bits per heavy atom. The van der Waals surface area contributed by atoms with Gasteiger partial charge in [-0.05, 0) is 42.0 Å². The van der Waals surface area contributed by atoms with Crippen molar-refractivity contribution in [2.75, 3.05) is 13.7 Å². The number of nitrogens with zero attached hydrogens (tertiary/aromatic N) is 1. The van der Waals surface area contributed by atoms with Gasteiger partial charge in [-0.2, -0.15) is 0 Å².